The molecular formula is C28H33N5O3. The molecule has 0 saturated carbocycles. The van der Waals surface area contributed by atoms with Gasteiger partial charge in [-0.2, -0.15) is 0 Å². The number of hydrogen-bond donors (Lipinski definition) is 3. The van der Waals surface area contributed by atoms with E-state index in [1.807, 2.05) is 55.5 Å². The van der Waals surface area contributed by atoms with E-state index in [1.165, 1.54) is 0 Å². The summed E-state index contributed by atoms with van der Waals surface area (Å²) in [7, 11) is 0. The highest BCUT2D eigenvalue weighted by Crippen LogP contribution is 2.41. The number of urea groups is 1. The lowest BCUT2D eigenvalue weighted by atomic mass is 9.70. The van der Waals surface area contributed by atoms with E-state index in [0.29, 0.717) is 30.2 Å². The van der Waals surface area contributed by atoms with Crippen LogP contribution < -0.4 is 15.4 Å². The van der Waals surface area contributed by atoms with Gasteiger partial charge in [0.2, 0.25) is 5.88 Å². The molecule has 3 aromatic rings. The van der Waals surface area contributed by atoms with Gasteiger partial charge in [0.25, 0.3) is 0 Å². The van der Waals surface area contributed by atoms with Crippen molar-refractivity contribution in [3.63, 3.8) is 0 Å². The van der Waals surface area contributed by atoms with Crippen molar-refractivity contribution in [2.24, 2.45) is 4.99 Å². The minimum Gasteiger partial charge on any atom is -0.467 e. The van der Waals surface area contributed by atoms with Gasteiger partial charge in [-0.1, -0.05) is 62.9 Å². The number of aliphatic hydroxyl groups excluding tert-OH is 1. The Kier molecular flexibility index (Phi) is 7.26. The van der Waals surface area contributed by atoms with E-state index in [1.54, 1.807) is 10.8 Å². The number of para-hydroxylation sites is 1. The third-order valence-corrected chi connectivity index (χ3v) is 6.56. The number of nitrogens with zero attached hydrogens (tertiary/aromatic N) is 3. The predicted octanol–water partition coefficient (Wildman–Crippen LogP) is 4.72. The average Bonchev–Trinajstić information content (AvgIpc) is 3.16. The molecule has 1 aliphatic rings. The second kappa shape index (κ2) is 10.4. The number of benzene rings is 2. The van der Waals surface area contributed by atoms with E-state index in [2.05, 4.69) is 53.9 Å². The Morgan fingerprint density at radius 3 is 2.67 bits per heavy atom. The summed E-state index contributed by atoms with van der Waals surface area (Å²) in [6, 6.07) is 16.4. The maximum atomic E-state index is 13.3. The highest BCUT2D eigenvalue weighted by Gasteiger charge is 2.39. The van der Waals surface area contributed by atoms with Crippen LogP contribution >= 0.6 is 0 Å². The first-order valence-corrected chi connectivity index (χ1v) is 12.0. The summed E-state index contributed by atoms with van der Waals surface area (Å²) in [6.07, 6.45) is 1.05. The maximum absolute atomic E-state index is 13.3. The third kappa shape index (κ3) is 5.04. The number of aliphatic imine (C=N–C) groups is 1. The molecule has 0 radical (unpaired) electrons. The number of aromatic nitrogens is 2. The molecule has 36 heavy (non-hydrogen) atoms. The first kappa shape index (κ1) is 25.2. The van der Waals surface area contributed by atoms with E-state index < -0.39 is 24.3 Å². The minimum absolute atomic E-state index is 0.193. The Balaban J connectivity index is 1.64. The second-order valence-corrected chi connectivity index (χ2v) is 9.64. The summed E-state index contributed by atoms with van der Waals surface area (Å²) in [5, 5.41) is 21.5. The molecule has 8 heteroatoms. The fraction of sp³-hybridized carbons (Fsp3) is 0.321. The number of ether oxygens (including phenoxy) is 1. The smallest absolute Gasteiger partial charge is 0.320 e. The molecule has 4 rings (SSSR count). The predicted molar refractivity (Wildman–Crippen MR) is 142 cm³/mol. The molecule has 0 saturated heterocycles. The molecule has 2 aromatic carbocycles. The summed E-state index contributed by atoms with van der Waals surface area (Å²) in [6.45, 7) is 13.7. The van der Waals surface area contributed by atoms with Gasteiger partial charge in [-0.3, -0.25) is 10.3 Å². The fourth-order valence-corrected chi connectivity index (χ4v) is 4.72. The van der Waals surface area contributed by atoms with Crippen molar-refractivity contribution in [3.8, 4) is 11.6 Å². The highest BCUT2D eigenvalue weighted by molar-refractivity contribution is 5.90. The quantitative estimate of drug-likeness (QED) is 0.316. The van der Waals surface area contributed by atoms with Crippen molar-refractivity contribution in [1.29, 1.82) is 0 Å². The summed E-state index contributed by atoms with van der Waals surface area (Å²) in [5.74, 6) is 0.814. The number of amides is 2. The molecule has 1 unspecified atom stereocenters. The van der Waals surface area contributed by atoms with Crippen LogP contribution in [0.25, 0.3) is 5.69 Å². The largest absolute Gasteiger partial charge is 0.467 e. The van der Waals surface area contributed by atoms with Crippen LogP contribution in [-0.4, -0.2) is 46.4 Å². The Bertz CT molecular complexity index is 1250. The Hall–Kier alpha value is -3.91. The van der Waals surface area contributed by atoms with Crippen molar-refractivity contribution in [1.82, 2.24) is 15.1 Å². The van der Waals surface area contributed by atoms with Crippen molar-refractivity contribution in [2.75, 3.05) is 11.9 Å². The third-order valence-electron chi connectivity index (χ3n) is 6.56. The van der Waals surface area contributed by atoms with Crippen molar-refractivity contribution >= 4 is 18.6 Å². The Morgan fingerprint density at radius 2 is 1.97 bits per heavy atom. The number of fused-ring (bicyclic) bond motifs is 1. The summed E-state index contributed by atoms with van der Waals surface area (Å²) >= 11 is 0. The van der Waals surface area contributed by atoms with E-state index in [4.69, 9.17) is 4.74 Å². The zero-order valence-corrected chi connectivity index (χ0v) is 20.9. The van der Waals surface area contributed by atoms with Crippen LogP contribution in [0.5, 0.6) is 5.88 Å². The number of nitrogens with one attached hydrogen (secondary N) is 2. The minimum atomic E-state index is -0.723. The molecular weight excluding hydrogens is 454 g/mol. The van der Waals surface area contributed by atoms with Gasteiger partial charge in [0, 0.05) is 0 Å². The summed E-state index contributed by atoms with van der Waals surface area (Å²) < 4.78 is 7.63. The average molecular weight is 488 g/mol. The fourth-order valence-electron chi connectivity index (χ4n) is 4.72. The van der Waals surface area contributed by atoms with Gasteiger partial charge in [0.15, 0.2) is 0 Å². The second-order valence-electron chi connectivity index (χ2n) is 9.64. The van der Waals surface area contributed by atoms with Crippen LogP contribution in [0, 0.1) is 6.92 Å². The van der Waals surface area contributed by atoms with Crippen LogP contribution in [0.4, 0.5) is 10.6 Å². The van der Waals surface area contributed by atoms with E-state index in [-0.39, 0.29) is 5.41 Å². The molecule has 0 spiro atoms. The number of hydrogen-bond acceptors (Lipinski definition) is 5. The monoisotopic (exact) mass is 487 g/mol. The van der Waals surface area contributed by atoms with Gasteiger partial charge in [-0.05, 0) is 54.8 Å². The van der Waals surface area contributed by atoms with E-state index >= 15 is 0 Å². The summed E-state index contributed by atoms with van der Waals surface area (Å²) in [4.78, 5) is 17.2. The molecule has 1 heterocycles. The van der Waals surface area contributed by atoms with Crippen LogP contribution in [-0.2, 0) is 5.41 Å². The summed E-state index contributed by atoms with van der Waals surface area (Å²) in [5.41, 5.74) is 3.25. The van der Waals surface area contributed by atoms with Crippen molar-refractivity contribution in [2.45, 2.75) is 50.9 Å². The SMILES string of the molecule is C=CC(CN=C)Oc1nn(-c2ccccc2)c(NC(=O)N[C@@H]2c3ccccc3C(C)(C)C[C@H]2O)c1C. The van der Waals surface area contributed by atoms with Crippen LogP contribution in [0.3, 0.4) is 0 Å². The number of anilines is 1. The zero-order chi connectivity index (χ0) is 25.9. The van der Waals surface area contributed by atoms with Gasteiger partial charge in [0.05, 0.1) is 29.9 Å². The molecule has 0 bridgehead atoms. The van der Waals surface area contributed by atoms with Gasteiger partial charge in [-0.25, -0.2) is 9.48 Å². The number of carbonyl (C=O) groups excluding carboxylic acids is 1. The molecule has 188 valence electrons. The van der Waals surface area contributed by atoms with Crippen molar-refractivity contribution < 1.29 is 14.6 Å². The van der Waals surface area contributed by atoms with E-state index in [0.717, 1.165) is 16.8 Å². The topological polar surface area (TPSA) is 101 Å². The van der Waals surface area contributed by atoms with Crippen molar-refractivity contribution in [3.05, 3.63) is 83.9 Å². The molecule has 3 atom stereocenters. The Labute approximate surface area is 211 Å². The number of rotatable bonds is 8. The van der Waals surface area contributed by atoms with Gasteiger partial charge < -0.3 is 15.2 Å². The van der Waals surface area contributed by atoms with Crippen LogP contribution in [0.1, 0.15) is 43.0 Å². The first-order chi connectivity index (χ1) is 17.2. The van der Waals surface area contributed by atoms with Gasteiger partial charge in [-0.15, -0.1) is 5.10 Å². The number of aliphatic hydroxyl groups is 1. The molecule has 0 aliphatic heterocycles. The molecule has 0 fully saturated rings. The number of carbonyl (C=O) groups is 1. The molecule has 8 nitrogen and oxygen atoms in total. The normalized spacial score (nSPS) is 19.0. The van der Waals surface area contributed by atoms with Gasteiger partial charge in [0.1, 0.15) is 11.9 Å². The highest BCUT2D eigenvalue weighted by atomic mass is 16.5. The van der Waals surface area contributed by atoms with Crippen LogP contribution in [0.15, 0.2) is 72.2 Å². The van der Waals surface area contributed by atoms with Gasteiger partial charge >= 0.3 is 6.03 Å². The molecule has 2 amide bonds. The zero-order valence-electron chi connectivity index (χ0n) is 20.9. The maximum Gasteiger partial charge on any atom is 0.320 e. The lowest BCUT2D eigenvalue weighted by Gasteiger charge is -2.40. The first-order valence-electron chi connectivity index (χ1n) is 12.0. The molecule has 1 aliphatic carbocycles. The Morgan fingerprint density at radius 1 is 1.28 bits per heavy atom. The van der Waals surface area contributed by atoms with E-state index in [9.17, 15) is 9.90 Å². The lowest BCUT2D eigenvalue weighted by molar-refractivity contribution is 0.0883. The lowest BCUT2D eigenvalue weighted by Crippen LogP contribution is -2.45. The standard InChI is InChI=1S/C28H33N5O3/c1-6-20(17-29-5)36-26-18(2)25(33(32-26)19-12-8-7-9-13-19)31-27(35)30-24-21-14-10-11-15-22(21)28(3,4)16-23(24)34/h6-15,20,23-24,34H,1,5,16-17H2,2-4H3,(H2,30,31,35)/t20?,23-,24-/m1/s1. The van der Waals surface area contributed by atoms with Crippen LogP contribution in [0.2, 0.25) is 0 Å². The molecule has 1 aromatic heterocycles. The molecule has 3 N–H and O–H groups in total.